The number of anilines is 1. The van der Waals surface area contributed by atoms with Crippen molar-refractivity contribution in [1.82, 2.24) is 23.6 Å². The quantitative estimate of drug-likeness (QED) is 0.742. The SMILES string of the molecule is Cc1nc(C2CCCN2S(=O)(=O)N(C)C)nc2c1CCCN2Cc1ccccn1. The van der Waals surface area contributed by atoms with Gasteiger partial charge in [0.25, 0.3) is 10.2 Å². The second kappa shape index (κ2) is 7.97. The van der Waals surface area contributed by atoms with Crippen molar-refractivity contribution >= 4 is 16.0 Å². The van der Waals surface area contributed by atoms with Crippen LogP contribution in [0.3, 0.4) is 0 Å². The van der Waals surface area contributed by atoms with Gasteiger partial charge in [-0.2, -0.15) is 17.0 Å². The molecule has 0 aromatic carbocycles. The second-order valence-electron chi connectivity index (χ2n) is 7.87. The van der Waals surface area contributed by atoms with Crippen molar-refractivity contribution in [2.24, 2.45) is 0 Å². The molecule has 1 fully saturated rings. The van der Waals surface area contributed by atoms with Gasteiger partial charge in [0.15, 0.2) is 0 Å². The van der Waals surface area contributed by atoms with E-state index in [1.54, 1.807) is 24.6 Å². The van der Waals surface area contributed by atoms with Crippen LogP contribution in [0.1, 0.15) is 48.1 Å². The van der Waals surface area contributed by atoms with Crippen molar-refractivity contribution in [1.29, 1.82) is 0 Å². The fourth-order valence-electron chi connectivity index (χ4n) is 4.18. The van der Waals surface area contributed by atoms with Crippen LogP contribution in [-0.4, -0.2) is 59.2 Å². The molecule has 0 N–H and O–H groups in total. The van der Waals surface area contributed by atoms with Crippen LogP contribution in [0.5, 0.6) is 0 Å². The second-order valence-corrected chi connectivity index (χ2v) is 9.97. The summed E-state index contributed by atoms with van der Waals surface area (Å²) in [4.78, 5) is 16.4. The van der Waals surface area contributed by atoms with E-state index in [0.717, 1.165) is 55.0 Å². The summed E-state index contributed by atoms with van der Waals surface area (Å²) in [6, 6.07) is 5.61. The molecule has 0 saturated carbocycles. The fraction of sp³-hybridized carbons (Fsp3) is 0.550. The number of hydrogen-bond donors (Lipinski definition) is 0. The first kappa shape index (κ1) is 20.2. The van der Waals surface area contributed by atoms with Gasteiger partial charge in [-0.05, 0) is 44.7 Å². The molecule has 4 rings (SSSR count). The Bertz CT molecular complexity index is 980. The van der Waals surface area contributed by atoms with Gasteiger partial charge in [-0.3, -0.25) is 4.98 Å². The normalized spacial score (nSPS) is 20.3. The molecule has 8 nitrogen and oxygen atoms in total. The van der Waals surface area contributed by atoms with Gasteiger partial charge < -0.3 is 4.90 Å². The monoisotopic (exact) mass is 416 g/mol. The smallest absolute Gasteiger partial charge is 0.282 e. The highest BCUT2D eigenvalue weighted by atomic mass is 32.2. The first-order chi connectivity index (χ1) is 13.9. The first-order valence-corrected chi connectivity index (χ1v) is 11.5. The molecule has 4 heterocycles. The summed E-state index contributed by atoms with van der Waals surface area (Å²) in [6.45, 7) is 4.11. The van der Waals surface area contributed by atoms with E-state index in [-0.39, 0.29) is 6.04 Å². The summed E-state index contributed by atoms with van der Waals surface area (Å²) in [5.41, 5.74) is 3.11. The topological polar surface area (TPSA) is 82.5 Å². The van der Waals surface area contributed by atoms with Crippen molar-refractivity contribution in [3.8, 4) is 0 Å². The van der Waals surface area contributed by atoms with Crippen molar-refractivity contribution < 1.29 is 8.42 Å². The third-order valence-corrected chi connectivity index (χ3v) is 7.65. The number of hydrogen-bond acceptors (Lipinski definition) is 6. The van der Waals surface area contributed by atoms with Crippen LogP contribution in [0.15, 0.2) is 24.4 Å². The van der Waals surface area contributed by atoms with E-state index < -0.39 is 10.2 Å². The first-order valence-electron chi connectivity index (χ1n) is 10.1. The molecular weight excluding hydrogens is 388 g/mol. The Morgan fingerprint density at radius 3 is 2.72 bits per heavy atom. The zero-order valence-corrected chi connectivity index (χ0v) is 18.1. The van der Waals surface area contributed by atoms with Gasteiger partial charge in [-0.25, -0.2) is 9.97 Å². The average molecular weight is 417 g/mol. The minimum absolute atomic E-state index is 0.315. The zero-order chi connectivity index (χ0) is 20.6. The largest absolute Gasteiger partial charge is 0.350 e. The van der Waals surface area contributed by atoms with Crippen LogP contribution < -0.4 is 4.90 Å². The van der Waals surface area contributed by atoms with Crippen LogP contribution in [0, 0.1) is 6.92 Å². The standard InChI is InChI=1S/C20H28N6O2S/c1-15-17-9-6-12-25(14-16-8-4-5-11-21-16)20(17)23-19(22-15)18-10-7-13-26(18)29(27,28)24(2)3/h4-5,8,11,18H,6-7,9-10,12-14H2,1-3H3. The van der Waals surface area contributed by atoms with E-state index in [2.05, 4.69) is 9.88 Å². The number of aryl methyl sites for hydroxylation is 1. The Kier molecular flexibility index (Phi) is 5.54. The maximum Gasteiger partial charge on any atom is 0.282 e. The minimum Gasteiger partial charge on any atom is -0.350 e. The molecule has 156 valence electrons. The Balaban J connectivity index is 1.70. The van der Waals surface area contributed by atoms with Gasteiger partial charge in [0.1, 0.15) is 11.6 Å². The molecule has 9 heteroatoms. The van der Waals surface area contributed by atoms with Crippen LogP contribution in [0.4, 0.5) is 5.82 Å². The number of fused-ring (bicyclic) bond motifs is 1. The van der Waals surface area contributed by atoms with Gasteiger partial charge in [-0.1, -0.05) is 6.07 Å². The molecule has 2 aliphatic rings. The van der Waals surface area contributed by atoms with Crippen molar-refractivity contribution in [2.45, 2.75) is 45.2 Å². The molecular formula is C20H28N6O2S. The number of nitrogens with zero attached hydrogens (tertiary/aromatic N) is 6. The van der Waals surface area contributed by atoms with Crippen LogP contribution in [0.2, 0.25) is 0 Å². The summed E-state index contributed by atoms with van der Waals surface area (Å²) in [6.07, 6.45) is 5.36. The third-order valence-electron chi connectivity index (χ3n) is 5.70. The average Bonchev–Trinajstić information content (AvgIpc) is 3.20. The summed E-state index contributed by atoms with van der Waals surface area (Å²) in [7, 11) is -0.372. The predicted octanol–water partition coefficient (Wildman–Crippen LogP) is 2.08. The highest BCUT2D eigenvalue weighted by Gasteiger charge is 2.39. The molecule has 1 atom stereocenters. The van der Waals surface area contributed by atoms with E-state index in [1.807, 2.05) is 25.1 Å². The molecule has 29 heavy (non-hydrogen) atoms. The molecule has 1 unspecified atom stereocenters. The molecule has 0 spiro atoms. The van der Waals surface area contributed by atoms with E-state index in [9.17, 15) is 8.42 Å². The zero-order valence-electron chi connectivity index (χ0n) is 17.2. The Morgan fingerprint density at radius 2 is 2.00 bits per heavy atom. The Labute approximate surface area is 172 Å². The van der Waals surface area contributed by atoms with Crippen LogP contribution in [0.25, 0.3) is 0 Å². The number of aromatic nitrogens is 3. The lowest BCUT2D eigenvalue weighted by Crippen LogP contribution is -2.40. The minimum atomic E-state index is -3.51. The molecule has 0 radical (unpaired) electrons. The van der Waals surface area contributed by atoms with Crippen molar-refractivity contribution in [3.63, 3.8) is 0 Å². The third kappa shape index (κ3) is 3.86. The molecule has 0 amide bonds. The molecule has 0 bridgehead atoms. The molecule has 2 aliphatic heterocycles. The highest BCUT2D eigenvalue weighted by Crippen LogP contribution is 2.36. The van der Waals surface area contributed by atoms with Crippen LogP contribution >= 0.6 is 0 Å². The van der Waals surface area contributed by atoms with Crippen molar-refractivity contribution in [3.05, 3.63) is 47.2 Å². The molecule has 2 aromatic rings. The lowest BCUT2D eigenvalue weighted by Gasteiger charge is -2.32. The maximum absolute atomic E-state index is 12.8. The van der Waals surface area contributed by atoms with E-state index in [1.165, 1.54) is 4.31 Å². The van der Waals surface area contributed by atoms with Gasteiger partial charge in [-0.15, -0.1) is 0 Å². The molecule has 1 saturated heterocycles. The number of rotatable bonds is 5. The Hall–Kier alpha value is -2.10. The molecule has 2 aromatic heterocycles. The lowest BCUT2D eigenvalue weighted by atomic mass is 10.0. The van der Waals surface area contributed by atoms with Gasteiger partial charge in [0.05, 0.1) is 18.3 Å². The summed E-state index contributed by atoms with van der Waals surface area (Å²) in [5.74, 6) is 1.54. The number of pyridine rings is 1. The van der Waals surface area contributed by atoms with Gasteiger partial charge >= 0.3 is 0 Å². The fourth-order valence-corrected chi connectivity index (χ4v) is 5.48. The maximum atomic E-state index is 12.8. The van der Waals surface area contributed by atoms with Gasteiger partial charge in [0, 0.05) is 44.6 Å². The van der Waals surface area contributed by atoms with Crippen LogP contribution in [-0.2, 0) is 23.2 Å². The highest BCUT2D eigenvalue weighted by molar-refractivity contribution is 7.86. The summed E-state index contributed by atoms with van der Waals surface area (Å²) >= 11 is 0. The lowest BCUT2D eigenvalue weighted by molar-refractivity contribution is 0.352. The van der Waals surface area contributed by atoms with E-state index in [4.69, 9.17) is 9.97 Å². The summed E-state index contributed by atoms with van der Waals surface area (Å²) < 4.78 is 28.4. The van der Waals surface area contributed by atoms with Crippen molar-refractivity contribution in [2.75, 3.05) is 32.1 Å². The van der Waals surface area contributed by atoms with E-state index in [0.29, 0.717) is 18.9 Å². The van der Waals surface area contributed by atoms with Gasteiger partial charge in [0.2, 0.25) is 0 Å². The molecule has 0 aliphatic carbocycles. The van der Waals surface area contributed by atoms with E-state index >= 15 is 0 Å². The Morgan fingerprint density at radius 1 is 1.17 bits per heavy atom. The predicted molar refractivity (Wildman–Crippen MR) is 112 cm³/mol. The summed E-state index contributed by atoms with van der Waals surface area (Å²) in [5, 5.41) is 0.